The predicted octanol–water partition coefficient (Wildman–Crippen LogP) is 3.74. The molecule has 3 N–H and O–H groups in total. The van der Waals surface area contributed by atoms with Crippen molar-refractivity contribution in [3.05, 3.63) is 0 Å². The van der Waals surface area contributed by atoms with E-state index < -0.39 is 18.5 Å². The van der Waals surface area contributed by atoms with Crippen LogP contribution in [0.15, 0.2) is 0 Å². The number of amides is 2. The van der Waals surface area contributed by atoms with Crippen LogP contribution < -0.4 is 10.6 Å². The molecule has 0 saturated heterocycles. The normalized spacial score (nSPS) is 25.0. The van der Waals surface area contributed by atoms with Crippen LogP contribution in [0, 0.1) is 10.8 Å². The van der Waals surface area contributed by atoms with Crippen molar-refractivity contribution in [2.24, 2.45) is 10.8 Å². The number of unbranched alkanes of at least 4 members (excludes halogenated alkanes) is 1. The molecule has 0 spiro atoms. The van der Waals surface area contributed by atoms with Crippen LogP contribution in [0.4, 0.5) is 9.59 Å². The van der Waals surface area contributed by atoms with Gasteiger partial charge < -0.3 is 30.0 Å². The third-order valence-electron chi connectivity index (χ3n) is 4.93. The first-order chi connectivity index (χ1) is 13.1. The molecule has 0 bridgehead atoms. The van der Waals surface area contributed by atoms with Crippen LogP contribution in [-0.4, -0.2) is 56.0 Å². The van der Waals surface area contributed by atoms with Gasteiger partial charge >= 0.3 is 12.2 Å². The van der Waals surface area contributed by atoms with Gasteiger partial charge in [-0.2, -0.15) is 0 Å². The molecular weight excluding hydrogens is 364 g/mol. The van der Waals surface area contributed by atoms with Crippen LogP contribution >= 0.6 is 0 Å². The molecule has 1 saturated carbocycles. The fourth-order valence-electron chi connectivity index (χ4n) is 4.18. The predicted molar refractivity (Wildman–Crippen MR) is 106 cm³/mol. The molecule has 1 rings (SSSR count). The van der Waals surface area contributed by atoms with E-state index in [4.69, 9.17) is 19.3 Å². The first-order valence-electron chi connectivity index (χ1n) is 10.2. The summed E-state index contributed by atoms with van der Waals surface area (Å²) < 4.78 is 16.0. The monoisotopic (exact) mass is 402 g/mol. The molecule has 28 heavy (non-hydrogen) atoms. The molecule has 164 valence electrons. The second-order valence-electron chi connectivity index (χ2n) is 8.87. The summed E-state index contributed by atoms with van der Waals surface area (Å²) in [5, 5.41) is 14.4. The Morgan fingerprint density at radius 3 is 2.54 bits per heavy atom. The largest absolute Gasteiger partial charge is 0.465 e. The maximum Gasteiger partial charge on any atom is 0.409 e. The highest BCUT2D eigenvalue weighted by Gasteiger charge is 2.42. The number of hydrogen-bond acceptors (Lipinski definition) is 5. The summed E-state index contributed by atoms with van der Waals surface area (Å²) in [6, 6.07) is -0.126. The number of ether oxygens (including phenoxy) is 3. The Balaban J connectivity index is 2.36. The molecule has 1 aliphatic rings. The second kappa shape index (κ2) is 11.5. The van der Waals surface area contributed by atoms with Gasteiger partial charge in [0.05, 0.1) is 13.2 Å². The Hall–Kier alpha value is -1.54. The lowest BCUT2D eigenvalue weighted by molar-refractivity contribution is -0.104. The summed E-state index contributed by atoms with van der Waals surface area (Å²) in [6.07, 6.45) is 2.24. The highest BCUT2D eigenvalue weighted by Crippen LogP contribution is 2.45. The smallest absolute Gasteiger partial charge is 0.409 e. The van der Waals surface area contributed by atoms with E-state index in [0.29, 0.717) is 32.8 Å². The van der Waals surface area contributed by atoms with Gasteiger partial charge in [-0.25, -0.2) is 9.59 Å². The first-order valence-corrected chi connectivity index (χ1v) is 10.2. The van der Waals surface area contributed by atoms with Crippen LogP contribution in [-0.2, 0) is 14.2 Å². The lowest BCUT2D eigenvalue weighted by atomic mass is 9.62. The number of carbonyl (C=O) groups excluding carboxylic acids is 1. The number of alkyl carbamates (subject to hydrolysis) is 1. The van der Waals surface area contributed by atoms with Gasteiger partial charge in [0.1, 0.15) is 0 Å². The van der Waals surface area contributed by atoms with Gasteiger partial charge in [0.25, 0.3) is 0 Å². The lowest BCUT2D eigenvalue weighted by Gasteiger charge is -2.46. The van der Waals surface area contributed by atoms with Crippen molar-refractivity contribution >= 4 is 12.2 Å². The first kappa shape index (κ1) is 24.5. The third-order valence-corrected chi connectivity index (χ3v) is 4.93. The molecule has 1 fully saturated rings. The van der Waals surface area contributed by atoms with Gasteiger partial charge in [0.2, 0.25) is 6.29 Å². The van der Waals surface area contributed by atoms with Gasteiger partial charge in [-0.1, -0.05) is 34.1 Å². The Morgan fingerprint density at radius 1 is 1.18 bits per heavy atom. The van der Waals surface area contributed by atoms with E-state index in [1.165, 1.54) is 0 Å². The molecule has 3 unspecified atom stereocenters. The third kappa shape index (κ3) is 10.1. The zero-order chi connectivity index (χ0) is 21.2. The minimum atomic E-state index is -1.01. The summed E-state index contributed by atoms with van der Waals surface area (Å²) in [4.78, 5) is 23.1. The Morgan fingerprint density at radius 2 is 1.89 bits per heavy atom. The van der Waals surface area contributed by atoms with Gasteiger partial charge in [0.15, 0.2) is 0 Å². The zero-order valence-electron chi connectivity index (χ0n) is 18.0. The zero-order valence-corrected chi connectivity index (χ0v) is 18.0. The molecule has 0 heterocycles. The van der Waals surface area contributed by atoms with E-state index in [1.54, 1.807) is 6.92 Å². The highest BCUT2D eigenvalue weighted by molar-refractivity contribution is 5.67. The van der Waals surface area contributed by atoms with E-state index in [9.17, 15) is 9.59 Å². The van der Waals surface area contributed by atoms with E-state index >= 15 is 0 Å². The maximum atomic E-state index is 12.1. The molecule has 0 aliphatic heterocycles. The van der Waals surface area contributed by atoms with Gasteiger partial charge in [-0.3, -0.25) is 0 Å². The van der Waals surface area contributed by atoms with Crippen molar-refractivity contribution in [2.75, 3.05) is 26.4 Å². The summed E-state index contributed by atoms with van der Waals surface area (Å²) in [7, 11) is 0. The van der Waals surface area contributed by atoms with Gasteiger partial charge in [-0.05, 0) is 43.4 Å². The van der Waals surface area contributed by atoms with Crippen molar-refractivity contribution in [3.8, 4) is 0 Å². The molecule has 0 radical (unpaired) electrons. The van der Waals surface area contributed by atoms with Gasteiger partial charge in [0, 0.05) is 19.2 Å². The quantitative estimate of drug-likeness (QED) is 0.359. The molecule has 1 aliphatic carbocycles. The Kier molecular flexibility index (Phi) is 10.0. The Labute approximate surface area is 168 Å². The van der Waals surface area contributed by atoms with Gasteiger partial charge in [-0.15, -0.1) is 0 Å². The lowest BCUT2D eigenvalue weighted by Crippen LogP contribution is -2.50. The summed E-state index contributed by atoms with van der Waals surface area (Å²) in [5.74, 6) is 0. The molecular formula is C20H38N2O6. The maximum absolute atomic E-state index is 12.1. The number of carbonyl (C=O) groups is 2. The molecule has 0 aromatic carbocycles. The molecule has 0 aromatic heterocycles. The van der Waals surface area contributed by atoms with Crippen molar-refractivity contribution in [2.45, 2.75) is 79.1 Å². The molecule has 2 amide bonds. The number of nitrogens with one attached hydrogen (secondary N) is 2. The van der Waals surface area contributed by atoms with E-state index in [1.807, 2.05) is 0 Å². The van der Waals surface area contributed by atoms with Crippen LogP contribution in [0.1, 0.15) is 66.7 Å². The minimum absolute atomic E-state index is 0.0140. The van der Waals surface area contributed by atoms with E-state index in [-0.39, 0.29) is 16.9 Å². The fourth-order valence-corrected chi connectivity index (χ4v) is 4.18. The van der Waals surface area contributed by atoms with Crippen LogP contribution in [0.3, 0.4) is 0 Å². The van der Waals surface area contributed by atoms with Crippen molar-refractivity contribution in [3.63, 3.8) is 0 Å². The second-order valence-corrected chi connectivity index (χ2v) is 8.87. The van der Waals surface area contributed by atoms with Crippen LogP contribution in [0.5, 0.6) is 0 Å². The van der Waals surface area contributed by atoms with Crippen LogP contribution in [0.2, 0.25) is 0 Å². The summed E-state index contributed by atoms with van der Waals surface area (Å²) >= 11 is 0. The van der Waals surface area contributed by atoms with E-state index in [0.717, 1.165) is 25.7 Å². The Bertz CT molecular complexity index is 499. The standard InChI is InChI=1S/C20H38N2O6/c1-6-7-8-26-9-10-27-15(2)28-18(25)21-14-20(5)12-16(22-17(23)24)11-19(3,4)13-20/h15-16,22H,6-14H2,1-5H3,(H,21,25)(H,23,24). The fraction of sp³-hybridized carbons (Fsp3) is 0.900. The molecule has 8 heteroatoms. The average Bonchev–Trinajstić information content (AvgIpc) is 2.54. The molecule has 8 nitrogen and oxygen atoms in total. The molecule has 3 atom stereocenters. The number of hydrogen-bond donors (Lipinski definition) is 3. The minimum Gasteiger partial charge on any atom is -0.465 e. The topological polar surface area (TPSA) is 106 Å². The van der Waals surface area contributed by atoms with Crippen molar-refractivity contribution < 1.29 is 28.9 Å². The molecule has 0 aromatic rings. The van der Waals surface area contributed by atoms with E-state index in [2.05, 4.69) is 38.3 Å². The number of carboxylic acid groups (broad SMARTS) is 1. The average molecular weight is 403 g/mol. The van der Waals surface area contributed by atoms with Crippen molar-refractivity contribution in [1.82, 2.24) is 10.6 Å². The number of rotatable bonds is 11. The summed E-state index contributed by atoms with van der Waals surface area (Å²) in [6.45, 7) is 12.1. The highest BCUT2D eigenvalue weighted by atomic mass is 16.7. The van der Waals surface area contributed by atoms with Crippen molar-refractivity contribution in [1.29, 1.82) is 0 Å². The SMILES string of the molecule is CCCCOCCOC(C)OC(=O)NCC1(C)CC(NC(=O)O)CC(C)(C)C1. The summed E-state index contributed by atoms with van der Waals surface area (Å²) in [5.41, 5.74) is -0.231. The van der Waals surface area contributed by atoms with Crippen LogP contribution in [0.25, 0.3) is 0 Å².